The number of guanidine groups is 1. The van der Waals surface area contributed by atoms with Crippen LogP contribution in [0.25, 0.3) is 0 Å². The standard InChI is InChI=1S/C17H28N4.HI/c1-14-7-9-15(10-8-14)16(20(2)3)13-19-17(18)21-11-5-4-6-12-21;/h7-10,16H,4-6,11-13H2,1-3H3,(H2,18,19);1H. The second kappa shape index (κ2) is 9.35. The maximum absolute atomic E-state index is 6.16. The molecule has 1 saturated heterocycles. The van der Waals surface area contributed by atoms with E-state index in [2.05, 4.69) is 60.1 Å². The molecule has 1 aliphatic rings. The molecule has 1 heterocycles. The van der Waals surface area contributed by atoms with Gasteiger partial charge in [0.15, 0.2) is 5.96 Å². The summed E-state index contributed by atoms with van der Waals surface area (Å²) in [5, 5.41) is 0. The molecule has 0 saturated carbocycles. The molecular formula is C17H29IN4. The molecule has 2 rings (SSSR count). The van der Waals surface area contributed by atoms with Gasteiger partial charge in [0.1, 0.15) is 0 Å². The molecule has 124 valence electrons. The van der Waals surface area contributed by atoms with Crippen LogP contribution < -0.4 is 5.73 Å². The molecule has 1 fully saturated rings. The summed E-state index contributed by atoms with van der Waals surface area (Å²) < 4.78 is 0. The van der Waals surface area contributed by atoms with Gasteiger partial charge in [-0.1, -0.05) is 29.8 Å². The topological polar surface area (TPSA) is 44.9 Å². The zero-order valence-corrected chi connectivity index (χ0v) is 16.3. The van der Waals surface area contributed by atoms with Gasteiger partial charge >= 0.3 is 0 Å². The van der Waals surface area contributed by atoms with Gasteiger partial charge in [-0.25, -0.2) is 0 Å². The van der Waals surface area contributed by atoms with E-state index in [4.69, 9.17) is 5.73 Å². The van der Waals surface area contributed by atoms with Gasteiger partial charge in [0, 0.05) is 13.1 Å². The minimum absolute atomic E-state index is 0. The van der Waals surface area contributed by atoms with Crippen molar-refractivity contribution in [3.05, 3.63) is 35.4 Å². The lowest BCUT2D eigenvalue weighted by Gasteiger charge is -2.28. The van der Waals surface area contributed by atoms with E-state index in [1.54, 1.807) is 0 Å². The van der Waals surface area contributed by atoms with Crippen molar-refractivity contribution >= 4 is 29.9 Å². The quantitative estimate of drug-likeness (QED) is 0.466. The van der Waals surface area contributed by atoms with Gasteiger partial charge in [-0.15, -0.1) is 24.0 Å². The Kier molecular flexibility index (Phi) is 8.17. The lowest BCUT2D eigenvalue weighted by Crippen LogP contribution is -2.41. The summed E-state index contributed by atoms with van der Waals surface area (Å²) in [6.45, 7) is 4.92. The van der Waals surface area contributed by atoms with Crippen LogP contribution in [0, 0.1) is 6.92 Å². The molecule has 0 spiro atoms. The van der Waals surface area contributed by atoms with Crippen molar-refractivity contribution < 1.29 is 0 Å². The molecule has 0 aromatic heterocycles. The van der Waals surface area contributed by atoms with Crippen LogP contribution >= 0.6 is 24.0 Å². The van der Waals surface area contributed by atoms with Crippen molar-refractivity contribution in [2.24, 2.45) is 10.7 Å². The highest BCUT2D eigenvalue weighted by Gasteiger charge is 2.16. The second-order valence-corrected chi connectivity index (χ2v) is 6.14. The third-order valence-electron chi connectivity index (χ3n) is 4.19. The van der Waals surface area contributed by atoms with Crippen LogP contribution in [0.2, 0.25) is 0 Å². The molecule has 0 amide bonds. The van der Waals surface area contributed by atoms with E-state index in [0.717, 1.165) is 13.1 Å². The smallest absolute Gasteiger partial charge is 0.191 e. The molecule has 1 aliphatic heterocycles. The summed E-state index contributed by atoms with van der Waals surface area (Å²) in [4.78, 5) is 9.07. The number of rotatable bonds is 4. The highest BCUT2D eigenvalue weighted by atomic mass is 127. The first-order valence-electron chi connectivity index (χ1n) is 7.86. The van der Waals surface area contributed by atoms with E-state index in [0.29, 0.717) is 12.5 Å². The average Bonchev–Trinajstić information content (AvgIpc) is 2.49. The van der Waals surface area contributed by atoms with Crippen molar-refractivity contribution in [2.75, 3.05) is 33.7 Å². The first-order valence-corrected chi connectivity index (χ1v) is 7.86. The normalized spacial score (nSPS) is 17.3. The van der Waals surface area contributed by atoms with E-state index in [9.17, 15) is 0 Å². The molecule has 2 N–H and O–H groups in total. The Hall–Kier alpha value is -0.820. The van der Waals surface area contributed by atoms with Crippen LogP contribution in [0.15, 0.2) is 29.3 Å². The van der Waals surface area contributed by atoms with E-state index in [1.165, 1.54) is 30.4 Å². The summed E-state index contributed by atoms with van der Waals surface area (Å²) in [5.74, 6) is 0.702. The number of hydrogen-bond acceptors (Lipinski definition) is 2. The van der Waals surface area contributed by atoms with Gasteiger partial charge in [-0.3, -0.25) is 4.99 Å². The first-order chi connectivity index (χ1) is 10.1. The predicted octanol–water partition coefficient (Wildman–Crippen LogP) is 3.02. The van der Waals surface area contributed by atoms with E-state index in [1.807, 2.05) is 0 Å². The van der Waals surface area contributed by atoms with Gasteiger partial charge in [0.2, 0.25) is 0 Å². The summed E-state index contributed by atoms with van der Waals surface area (Å²) >= 11 is 0. The van der Waals surface area contributed by atoms with Gasteiger partial charge in [-0.05, 0) is 45.8 Å². The number of halogens is 1. The van der Waals surface area contributed by atoms with Gasteiger partial charge in [0.05, 0.1) is 12.6 Å². The molecule has 1 aromatic rings. The molecule has 1 aromatic carbocycles. The van der Waals surface area contributed by atoms with Crippen LogP contribution in [0.5, 0.6) is 0 Å². The predicted molar refractivity (Wildman–Crippen MR) is 105 cm³/mol. The molecule has 5 heteroatoms. The van der Waals surface area contributed by atoms with Gasteiger partial charge in [-0.2, -0.15) is 0 Å². The van der Waals surface area contributed by atoms with Crippen molar-refractivity contribution in [3.63, 3.8) is 0 Å². The summed E-state index contributed by atoms with van der Waals surface area (Å²) in [5.41, 5.74) is 8.73. The summed E-state index contributed by atoms with van der Waals surface area (Å²) in [6, 6.07) is 8.96. The Morgan fingerprint density at radius 1 is 1.18 bits per heavy atom. The van der Waals surface area contributed by atoms with Crippen molar-refractivity contribution in [1.29, 1.82) is 0 Å². The third kappa shape index (κ3) is 5.43. The van der Waals surface area contributed by atoms with Gasteiger partial charge < -0.3 is 15.5 Å². The number of hydrogen-bond donors (Lipinski definition) is 1. The lowest BCUT2D eigenvalue weighted by molar-refractivity contribution is 0.302. The molecule has 0 bridgehead atoms. The number of aliphatic imine (C=N–C) groups is 1. The third-order valence-corrected chi connectivity index (χ3v) is 4.19. The number of nitrogens with zero attached hydrogens (tertiary/aromatic N) is 3. The van der Waals surface area contributed by atoms with Crippen molar-refractivity contribution in [1.82, 2.24) is 9.80 Å². The molecule has 1 atom stereocenters. The van der Waals surface area contributed by atoms with Crippen LogP contribution in [-0.2, 0) is 0 Å². The fourth-order valence-corrected chi connectivity index (χ4v) is 2.76. The monoisotopic (exact) mass is 416 g/mol. The molecule has 1 unspecified atom stereocenters. The highest BCUT2D eigenvalue weighted by Crippen LogP contribution is 2.19. The Morgan fingerprint density at radius 2 is 1.77 bits per heavy atom. The Bertz CT molecular complexity index is 464. The second-order valence-electron chi connectivity index (χ2n) is 6.14. The molecule has 0 aliphatic carbocycles. The van der Waals surface area contributed by atoms with Crippen molar-refractivity contribution in [2.45, 2.75) is 32.2 Å². The zero-order chi connectivity index (χ0) is 15.2. The van der Waals surface area contributed by atoms with E-state index >= 15 is 0 Å². The average molecular weight is 416 g/mol. The number of aryl methyl sites for hydroxylation is 1. The van der Waals surface area contributed by atoms with Gasteiger partial charge in [0.25, 0.3) is 0 Å². The first kappa shape index (κ1) is 19.2. The maximum Gasteiger partial charge on any atom is 0.191 e. The van der Waals surface area contributed by atoms with Crippen molar-refractivity contribution in [3.8, 4) is 0 Å². The van der Waals surface area contributed by atoms with Crippen LogP contribution in [0.4, 0.5) is 0 Å². The summed E-state index contributed by atoms with van der Waals surface area (Å²) in [7, 11) is 4.19. The number of likely N-dealkylation sites (tertiary alicyclic amines) is 1. The molecule has 0 radical (unpaired) electrons. The number of piperidine rings is 1. The molecule has 4 nitrogen and oxygen atoms in total. The van der Waals surface area contributed by atoms with Crippen LogP contribution in [0.3, 0.4) is 0 Å². The highest BCUT2D eigenvalue weighted by molar-refractivity contribution is 14.0. The lowest BCUT2D eigenvalue weighted by atomic mass is 10.0. The molecular weight excluding hydrogens is 387 g/mol. The summed E-state index contributed by atoms with van der Waals surface area (Å²) in [6.07, 6.45) is 3.77. The fourth-order valence-electron chi connectivity index (χ4n) is 2.76. The number of benzene rings is 1. The SMILES string of the molecule is Cc1ccc(C(CN=C(N)N2CCCCC2)N(C)C)cc1.I. The minimum atomic E-state index is 0. The van der Waals surface area contributed by atoms with Crippen LogP contribution in [-0.4, -0.2) is 49.5 Å². The van der Waals surface area contributed by atoms with E-state index < -0.39 is 0 Å². The Labute approximate surface area is 151 Å². The minimum Gasteiger partial charge on any atom is -0.370 e. The largest absolute Gasteiger partial charge is 0.370 e. The number of likely N-dealkylation sites (N-methyl/N-ethyl adjacent to an activating group) is 1. The van der Waals surface area contributed by atoms with E-state index in [-0.39, 0.29) is 30.0 Å². The Balaban J connectivity index is 0.00000242. The van der Waals surface area contributed by atoms with Crippen LogP contribution in [0.1, 0.15) is 36.4 Å². The fraction of sp³-hybridized carbons (Fsp3) is 0.588. The number of nitrogens with two attached hydrogens (primary N) is 1. The zero-order valence-electron chi connectivity index (χ0n) is 14.0. The maximum atomic E-state index is 6.16. The molecule has 22 heavy (non-hydrogen) atoms. The Morgan fingerprint density at radius 3 is 2.32 bits per heavy atom.